The number of esters is 1. The Labute approximate surface area is 167 Å². The van der Waals surface area contributed by atoms with E-state index >= 15 is 0 Å². The minimum absolute atomic E-state index is 0.260. The molecule has 0 N–H and O–H groups in total. The van der Waals surface area contributed by atoms with Gasteiger partial charge in [-0.2, -0.15) is 0 Å². The summed E-state index contributed by atoms with van der Waals surface area (Å²) < 4.78 is 5.27. The Morgan fingerprint density at radius 1 is 0.778 bits per heavy atom. The van der Waals surface area contributed by atoms with Gasteiger partial charge in [0.25, 0.3) is 0 Å². The normalized spacial score (nSPS) is 10.9. The zero-order valence-corrected chi connectivity index (χ0v) is 17.6. The molecule has 0 aromatic carbocycles. The van der Waals surface area contributed by atoms with Crippen LogP contribution in [0.1, 0.15) is 120 Å². The zero-order chi connectivity index (χ0) is 19.4. The third-order valence-corrected chi connectivity index (χ3v) is 5.13. The number of rotatable bonds is 18. The van der Waals surface area contributed by atoms with Gasteiger partial charge in [0.05, 0.1) is 12.2 Å². The molecule has 27 heavy (non-hydrogen) atoms. The number of ether oxygens (including phenoxy) is 1. The molecule has 0 amide bonds. The smallest absolute Gasteiger partial charge is 0.339 e. The molecule has 0 aliphatic rings. The number of nitrogens with zero attached hydrogens (tertiary/aromatic N) is 1. The quantitative estimate of drug-likeness (QED) is 0.197. The SMILES string of the molecule is CCCCCCCCCCCCCCCCCCOC(=O)c1cccnc1. The summed E-state index contributed by atoms with van der Waals surface area (Å²) in [6.07, 6.45) is 24.8. The summed E-state index contributed by atoms with van der Waals surface area (Å²) in [5.74, 6) is -0.260. The number of aromatic nitrogens is 1. The van der Waals surface area contributed by atoms with Crippen molar-refractivity contribution in [2.75, 3.05) is 6.61 Å². The first-order valence-electron chi connectivity index (χ1n) is 11.4. The van der Waals surface area contributed by atoms with E-state index in [0.29, 0.717) is 12.2 Å². The molecule has 1 aromatic rings. The number of hydrogen-bond donors (Lipinski definition) is 0. The molecule has 0 aliphatic carbocycles. The molecule has 0 bridgehead atoms. The average molecular weight is 376 g/mol. The molecule has 0 spiro atoms. The van der Waals surface area contributed by atoms with Crippen LogP contribution in [0.15, 0.2) is 24.5 Å². The van der Waals surface area contributed by atoms with E-state index < -0.39 is 0 Å². The van der Waals surface area contributed by atoms with Crippen LogP contribution < -0.4 is 0 Å². The lowest BCUT2D eigenvalue weighted by atomic mass is 10.0. The van der Waals surface area contributed by atoms with Crippen LogP contribution >= 0.6 is 0 Å². The van der Waals surface area contributed by atoms with Crippen LogP contribution in [-0.2, 0) is 4.74 Å². The Morgan fingerprint density at radius 3 is 1.70 bits per heavy atom. The van der Waals surface area contributed by atoms with Crippen LogP contribution in [0.3, 0.4) is 0 Å². The number of carbonyl (C=O) groups excluding carboxylic acids is 1. The van der Waals surface area contributed by atoms with Crippen molar-refractivity contribution in [3.05, 3.63) is 30.1 Å². The zero-order valence-electron chi connectivity index (χ0n) is 17.6. The van der Waals surface area contributed by atoms with Crippen molar-refractivity contribution in [2.24, 2.45) is 0 Å². The van der Waals surface area contributed by atoms with Crippen LogP contribution in [0.5, 0.6) is 0 Å². The lowest BCUT2D eigenvalue weighted by Gasteiger charge is -2.05. The molecule has 1 aromatic heterocycles. The van der Waals surface area contributed by atoms with E-state index in [2.05, 4.69) is 11.9 Å². The summed E-state index contributed by atoms with van der Waals surface area (Å²) in [5.41, 5.74) is 0.536. The Balaban J connectivity index is 1.75. The van der Waals surface area contributed by atoms with Crippen molar-refractivity contribution in [1.82, 2.24) is 4.98 Å². The van der Waals surface area contributed by atoms with Gasteiger partial charge in [-0.3, -0.25) is 4.98 Å². The maximum Gasteiger partial charge on any atom is 0.339 e. The van der Waals surface area contributed by atoms with E-state index in [9.17, 15) is 4.79 Å². The van der Waals surface area contributed by atoms with Crippen LogP contribution in [0.2, 0.25) is 0 Å². The van der Waals surface area contributed by atoms with Crippen molar-refractivity contribution in [3.8, 4) is 0 Å². The third-order valence-electron chi connectivity index (χ3n) is 5.13. The first-order chi connectivity index (χ1) is 13.3. The van der Waals surface area contributed by atoms with Gasteiger partial charge in [-0.05, 0) is 18.6 Å². The van der Waals surface area contributed by atoms with Gasteiger partial charge >= 0.3 is 5.97 Å². The molecule has 0 saturated heterocycles. The summed E-state index contributed by atoms with van der Waals surface area (Å²) in [5, 5.41) is 0. The summed E-state index contributed by atoms with van der Waals surface area (Å²) >= 11 is 0. The first kappa shape index (κ1) is 23.7. The van der Waals surface area contributed by atoms with Crippen LogP contribution in [0, 0.1) is 0 Å². The highest BCUT2D eigenvalue weighted by molar-refractivity contribution is 5.88. The highest BCUT2D eigenvalue weighted by atomic mass is 16.5. The Hall–Kier alpha value is -1.38. The fraction of sp³-hybridized carbons (Fsp3) is 0.750. The second-order valence-corrected chi connectivity index (χ2v) is 7.68. The molecule has 0 fully saturated rings. The Kier molecular flexibility index (Phi) is 15.8. The summed E-state index contributed by atoms with van der Waals surface area (Å²) in [7, 11) is 0. The van der Waals surface area contributed by atoms with Crippen molar-refractivity contribution in [1.29, 1.82) is 0 Å². The van der Waals surface area contributed by atoms with Gasteiger partial charge in [-0.15, -0.1) is 0 Å². The lowest BCUT2D eigenvalue weighted by Crippen LogP contribution is -2.06. The van der Waals surface area contributed by atoms with Gasteiger partial charge < -0.3 is 4.74 Å². The molecule has 0 aliphatic heterocycles. The molecule has 0 saturated carbocycles. The number of unbranched alkanes of at least 4 members (excludes halogenated alkanes) is 15. The molecule has 0 atom stereocenters. The van der Waals surface area contributed by atoms with Crippen LogP contribution in [-0.4, -0.2) is 17.6 Å². The van der Waals surface area contributed by atoms with Gasteiger partial charge in [0.1, 0.15) is 0 Å². The third kappa shape index (κ3) is 14.4. The second-order valence-electron chi connectivity index (χ2n) is 7.68. The molecule has 3 nitrogen and oxygen atoms in total. The average Bonchev–Trinajstić information content (AvgIpc) is 2.70. The molecule has 154 valence electrons. The van der Waals surface area contributed by atoms with E-state index in [0.717, 1.165) is 12.8 Å². The predicted molar refractivity (Wildman–Crippen MR) is 114 cm³/mol. The Morgan fingerprint density at radius 2 is 1.26 bits per heavy atom. The van der Waals surface area contributed by atoms with Crippen LogP contribution in [0.25, 0.3) is 0 Å². The number of hydrogen-bond acceptors (Lipinski definition) is 3. The van der Waals surface area contributed by atoms with E-state index in [1.807, 2.05) is 0 Å². The van der Waals surface area contributed by atoms with Crippen LogP contribution in [0.4, 0.5) is 0 Å². The molecular weight excluding hydrogens is 334 g/mol. The molecule has 1 heterocycles. The Bertz CT molecular complexity index is 447. The highest BCUT2D eigenvalue weighted by Gasteiger charge is 2.05. The molecule has 0 radical (unpaired) electrons. The van der Waals surface area contributed by atoms with E-state index in [4.69, 9.17) is 4.74 Å². The topological polar surface area (TPSA) is 39.2 Å². The van der Waals surface area contributed by atoms with E-state index in [1.165, 1.54) is 89.9 Å². The molecular formula is C24H41NO2. The maximum absolute atomic E-state index is 11.7. The van der Waals surface area contributed by atoms with E-state index in [1.54, 1.807) is 24.5 Å². The largest absolute Gasteiger partial charge is 0.462 e. The minimum Gasteiger partial charge on any atom is -0.462 e. The maximum atomic E-state index is 11.7. The van der Waals surface area contributed by atoms with Crippen molar-refractivity contribution in [3.63, 3.8) is 0 Å². The van der Waals surface area contributed by atoms with Gasteiger partial charge in [0, 0.05) is 12.4 Å². The standard InChI is InChI=1S/C24H41NO2/c1-2-3-4-5-6-7-8-9-10-11-12-13-14-15-16-17-21-27-24(26)23-19-18-20-25-22-23/h18-20,22H,2-17,21H2,1H3. The predicted octanol–water partition coefficient (Wildman–Crippen LogP) is 7.50. The monoisotopic (exact) mass is 375 g/mol. The van der Waals surface area contributed by atoms with Gasteiger partial charge in [0.15, 0.2) is 0 Å². The fourth-order valence-electron chi connectivity index (χ4n) is 3.38. The molecule has 3 heteroatoms. The summed E-state index contributed by atoms with van der Waals surface area (Å²) in [6, 6.07) is 3.49. The van der Waals surface area contributed by atoms with Crippen molar-refractivity contribution in [2.45, 2.75) is 110 Å². The van der Waals surface area contributed by atoms with Gasteiger partial charge in [-0.1, -0.05) is 103 Å². The molecule has 1 rings (SSSR count). The first-order valence-corrected chi connectivity index (χ1v) is 11.4. The fourth-order valence-corrected chi connectivity index (χ4v) is 3.38. The van der Waals surface area contributed by atoms with E-state index in [-0.39, 0.29) is 5.97 Å². The van der Waals surface area contributed by atoms with Crippen molar-refractivity contribution < 1.29 is 9.53 Å². The highest BCUT2D eigenvalue weighted by Crippen LogP contribution is 2.13. The van der Waals surface area contributed by atoms with Crippen molar-refractivity contribution >= 4 is 5.97 Å². The molecule has 0 unspecified atom stereocenters. The number of pyridine rings is 1. The summed E-state index contributed by atoms with van der Waals surface area (Å²) in [6.45, 7) is 2.80. The minimum atomic E-state index is -0.260. The lowest BCUT2D eigenvalue weighted by molar-refractivity contribution is 0.0497. The number of carbonyl (C=O) groups is 1. The second kappa shape index (κ2) is 18.0. The van der Waals surface area contributed by atoms with Gasteiger partial charge in [0.2, 0.25) is 0 Å². The van der Waals surface area contributed by atoms with Gasteiger partial charge in [-0.25, -0.2) is 4.79 Å². The summed E-state index contributed by atoms with van der Waals surface area (Å²) in [4.78, 5) is 15.7.